The third kappa shape index (κ3) is 2.61. The Morgan fingerprint density at radius 3 is 2.73 bits per heavy atom. The Kier molecular flexibility index (Phi) is 3.81. The third-order valence-corrected chi connectivity index (χ3v) is 4.65. The molecule has 2 heteroatoms. The Balaban J connectivity index is 1.78. The zero-order chi connectivity index (χ0) is 10.7. The zero-order valence-electron chi connectivity index (χ0n) is 9.75. The number of aryl methyl sites for hydroxylation is 1. The smallest absolute Gasteiger partial charge is 0.00803 e. The van der Waals surface area contributed by atoms with Gasteiger partial charge in [-0.2, -0.15) is 0 Å². The van der Waals surface area contributed by atoms with E-state index in [4.69, 9.17) is 0 Å². The lowest BCUT2D eigenvalue weighted by molar-refractivity contribution is 0.295. The van der Waals surface area contributed by atoms with Gasteiger partial charge in [-0.1, -0.05) is 13.8 Å². The molecule has 1 N–H and O–H groups in total. The van der Waals surface area contributed by atoms with Gasteiger partial charge in [-0.25, -0.2) is 0 Å². The van der Waals surface area contributed by atoms with E-state index in [-0.39, 0.29) is 0 Å². The minimum absolute atomic E-state index is 0.794. The molecular formula is C13H21NS. The molecule has 1 heterocycles. The van der Waals surface area contributed by atoms with Crippen molar-refractivity contribution in [1.82, 2.24) is 5.32 Å². The van der Waals surface area contributed by atoms with Crippen LogP contribution in [-0.2, 0) is 6.42 Å². The van der Waals surface area contributed by atoms with Crippen LogP contribution in [0.2, 0.25) is 0 Å². The summed E-state index contributed by atoms with van der Waals surface area (Å²) < 4.78 is 0. The average molecular weight is 223 g/mol. The lowest BCUT2D eigenvalue weighted by atomic mass is 9.79. The summed E-state index contributed by atoms with van der Waals surface area (Å²) in [5.41, 5.74) is 0. The summed E-state index contributed by atoms with van der Waals surface area (Å²) in [6.07, 6.45) is 5.14. The summed E-state index contributed by atoms with van der Waals surface area (Å²) in [5, 5.41) is 3.59. The van der Waals surface area contributed by atoms with E-state index in [2.05, 4.69) is 31.3 Å². The van der Waals surface area contributed by atoms with Gasteiger partial charge in [0.15, 0.2) is 0 Å². The summed E-state index contributed by atoms with van der Waals surface area (Å²) in [6, 6.07) is 5.43. The quantitative estimate of drug-likeness (QED) is 0.805. The highest BCUT2D eigenvalue weighted by Gasteiger charge is 2.30. The first-order chi connectivity index (χ1) is 7.33. The van der Waals surface area contributed by atoms with Crippen LogP contribution in [0.3, 0.4) is 0 Å². The van der Waals surface area contributed by atoms with Crippen LogP contribution in [0.15, 0.2) is 12.1 Å². The van der Waals surface area contributed by atoms with E-state index in [1.165, 1.54) is 37.1 Å². The lowest BCUT2D eigenvalue weighted by Gasteiger charge is -2.35. The fraction of sp³-hybridized carbons (Fsp3) is 0.692. The second-order valence-corrected chi connectivity index (χ2v) is 5.68. The molecule has 0 unspecified atom stereocenters. The van der Waals surface area contributed by atoms with Crippen molar-refractivity contribution < 1.29 is 0 Å². The lowest BCUT2D eigenvalue weighted by Crippen LogP contribution is -2.40. The molecular weight excluding hydrogens is 202 g/mol. The standard InChI is InChI=1S/C13H21NS/c1-3-7-14-11-8-10(9-11)13-6-5-12(4-2)15-13/h5-6,10-11,14H,3-4,7-9H2,1-2H3. The minimum Gasteiger partial charge on any atom is -0.314 e. The van der Waals surface area contributed by atoms with Gasteiger partial charge in [0.05, 0.1) is 0 Å². The maximum absolute atomic E-state index is 3.59. The molecule has 84 valence electrons. The van der Waals surface area contributed by atoms with Crippen molar-refractivity contribution in [2.24, 2.45) is 0 Å². The summed E-state index contributed by atoms with van der Waals surface area (Å²) in [5.74, 6) is 0.852. The largest absolute Gasteiger partial charge is 0.314 e. The molecule has 1 nitrogen and oxygen atoms in total. The van der Waals surface area contributed by atoms with Crippen molar-refractivity contribution in [3.8, 4) is 0 Å². The van der Waals surface area contributed by atoms with Crippen molar-refractivity contribution >= 4 is 11.3 Å². The topological polar surface area (TPSA) is 12.0 Å². The SMILES string of the molecule is CCCNC1CC(c2ccc(CC)s2)C1. The fourth-order valence-electron chi connectivity index (χ4n) is 2.17. The molecule has 1 aliphatic carbocycles. The average Bonchev–Trinajstić information content (AvgIpc) is 2.64. The Morgan fingerprint density at radius 1 is 1.33 bits per heavy atom. The number of thiophene rings is 1. The molecule has 2 rings (SSSR count). The molecule has 0 amide bonds. The van der Waals surface area contributed by atoms with E-state index in [1.54, 1.807) is 4.88 Å². The Labute approximate surface area is 96.9 Å². The summed E-state index contributed by atoms with van der Waals surface area (Å²) >= 11 is 2.01. The summed E-state index contributed by atoms with van der Waals surface area (Å²) in [6.45, 7) is 5.65. The van der Waals surface area contributed by atoms with Crippen molar-refractivity contribution in [2.45, 2.75) is 51.5 Å². The first kappa shape index (κ1) is 11.2. The van der Waals surface area contributed by atoms with E-state index in [9.17, 15) is 0 Å². The van der Waals surface area contributed by atoms with Crippen molar-refractivity contribution in [2.75, 3.05) is 6.54 Å². The van der Waals surface area contributed by atoms with Crippen LogP contribution in [0.5, 0.6) is 0 Å². The van der Waals surface area contributed by atoms with Crippen molar-refractivity contribution in [1.29, 1.82) is 0 Å². The van der Waals surface area contributed by atoms with E-state index < -0.39 is 0 Å². The van der Waals surface area contributed by atoms with Gasteiger partial charge in [-0.05, 0) is 50.3 Å². The second-order valence-electron chi connectivity index (χ2n) is 4.48. The third-order valence-electron chi connectivity index (χ3n) is 3.25. The van der Waals surface area contributed by atoms with Crippen molar-refractivity contribution in [3.05, 3.63) is 21.9 Å². The van der Waals surface area contributed by atoms with Gasteiger partial charge in [0, 0.05) is 15.8 Å². The predicted octanol–water partition coefficient (Wildman–Crippen LogP) is 3.56. The molecule has 1 fully saturated rings. The summed E-state index contributed by atoms with van der Waals surface area (Å²) in [4.78, 5) is 3.15. The summed E-state index contributed by atoms with van der Waals surface area (Å²) in [7, 11) is 0. The van der Waals surface area contributed by atoms with Crippen LogP contribution in [0, 0.1) is 0 Å². The molecule has 0 radical (unpaired) electrons. The van der Waals surface area contributed by atoms with Crippen molar-refractivity contribution in [3.63, 3.8) is 0 Å². The van der Waals surface area contributed by atoms with Gasteiger partial charge >= 0.3 is 0 Å². The van der Waals surface area contributed by atoms with E-state index >= 15 is 0 Å². The normalized spacial score (nSPS) is 25.2. The van der Waals surface area contributed by atoms with Gasteiger partial charge in [0.25, 0.3) is 0 Å². The van der Waals surface area contributed by atoms with Gasteiger partial charge in [-0.3, -0.25) is 0 Å². The van der Waals surface area contributed by atoms with Gasteiger partial charge in [-0.15, -0.1) is 11.3 Å². The maximum atomic E-state index is 3.59. The van der Waals surface area contributed by atoms with Crippen LogP contribution in [0.4, 0.5) is 0 Å². The van der Waals surface area contributed by atoms with Gasteiger partial charge < -0.3 is 5.32 Å². The number of hydrogen-bond acceptors (Lipinski definition) is 2. The zero-order valence-corrected chi connectivity index (χ0v) is 10.6. The van der Waals surface area contributed by atoms with Crippen LogP contribution in [-0.4, -0.2) is 12.6 Å². The molecule has 0 aliphatic heterocycles. The highest BCUT2D eigenvalue weighted by molar-refractivity contribution is 7.12. The number of rotatable bonds is 5. The van der Waals surface area contributed by atoms with E-state index in [0.29, 0.717) is 0 Å². The highest BCUT2D eigenvalue weighted by Crippen LogP contribution is 2.40. The predicted molar refractivity (Wildman–Crippen MR) is 67.8 cm³/mol. The first-order valence-electron chi connectivity index (χ1n) is 6.15. The Morgan fingerprint density at radius 2 is 2.13 bits per heavy atom. The Hall–Kier alpha value is -0.340. The monoisotopic (exact) mass is 223 g/mol. The van der Waals surface area contributed by atoms with E-state index in [1.807, 2.05) is 11.3 Å². The molecule has 1 aromatic rings. The molecule has 1 saturated carbocycles. The molecule has 1 aromatic heterocycles. The first-order valence-corrected chi connectivity index (χ1v) is 6.97. The van der Waals surface area contributed by atoms with Crippen LogP contribution < -0.4 is 5.32 Å². The van der Waals surface area contributed by atoms with Gasteiger partial charge in [0.2, 0.25) is 0 Å². The molecule has 1 aliphatic rings. The molecule has 0 aromatic carbocycles. The molecule has 0 atom stereocenters. The molecule has 15 heavy (non-hydrogen) atoms. The van der Waals surface area contributed by atoms with Crippen LogP contribution >= 0.6 is 11.3 Å². The number of nitrogens with one attached hydrogen (secondary N) is 1. The maximum Gasteiger partial charge on any atom is 0.00803 e. The highest BCUT2D eigenvalue weighted by atomic mass is 32.1. The Bertz CT molecular complexity index is 299. The van der Waals surface area contributed by atoms with Gasteiger partial charge in [0.1, 0.15) is 0 Å². The van der Waals surface area contributed by atoms with E-state index in [0.717, 1.165) is 12.0 Å². The molecule has 0 bridgehead atoms. The van der Waals surface area contributed by atoms with Crippen LogP contribution in [0.1, 0.15) is 48.8 Å². The van der Waals surface area contributed by atoms with Crippen LogP contribution in [0.25, 0.3) is 0 Å². The number of hydrogen-bond donors (Lipinski definition) is 1. The molecule has 0 spiro atoms. The second kappa shape index (κ2) is 5.13. The molecule has 0 saturated heterocycles. The minimum atomic E-state index is 0.794. The fourth-order valence-corrected chi connectivity index (χ4v) is 3.25.